The maximum Gasteiger partial charge on any atom is 0.302 e. The van der Waals surface area contributed by atoms with Crippen LogP contribution in [0.1, 0.15) is 17.7 Å². The summed E-state index contributed by atoms with van der Waals surface area (Å²) in [5.74, 6) is 0. The molecule has 0 unspecified atom stereocenters. The molecule has 0 bridgehead atoms. The van der Waals surface area contributed by atoms with Crippen LogP contribution in [0.15, 0.2) is 10.7 Å². The lowest BCUT2D eigenvalue weighted by molar-refractivity contribution is -0.386. The zero-order valence-electron chi connectivity index (χ0n) is 7.08. The van der Waals surface area contributed by atoms with Crippen molar-refractivity contribution in [1.82, 2.24) is 4.98 Å². The van der Waals surface area contributed by atoms with Gasteiger partial charge in [-0.3, -0.25) is 10.1 Å². The second kappa shape index (κ2) is 4.93. The molecule has 0 saturated carbocycles. The van der Waals surface area contributed by atoms with E-state index in [2.05, 4.69) is 36.8 Å². The van der Waals surface area contributed by atoms with Crippen LogP contribution >= 0.6 is 31.9 Å². The summed E-state index contributed by atoms with van der Waals surface area (Å²) in [6, 6.07) is 0.832. The van der Waals surface area contributed by atoms with E-state index in [-0.39, 0.29) is 15.6 Å². The van der Waals surface area contributed by atoms with Crippen molar-refractivity contribution in [3.05, 3.63) is 32.0 Å². The van der Waals surface area contributed by atoms with Gasteiger partial charge in [-0.05, 0) is 15.9 Å². The molecule has 4 nitrogen and oxygen atoms in total. The van der Waals surface area contributed by atoms with E-state index < -0.39 is 22.6 Å². The molecule has 0 aliphatic heterocycles. The first kappa shape index (κ1) is 12.4. The van der Waals surface area contributed by atoms with E-state index in [1.165, 1.54) is 0 Å². The summed E-state index contributed by atoms with van der Waals surface area (Å²) in [5, 5.41) is 10.6. The zero-order chi connectivity index (χ0) is 11.6. The molecule has 0 radical (unpaired) electrons. The average molecular weight is 346 g/mol. The van der Waals surface area contributed by atoms with E-state index >= 15 is 0 Å². The Morgan fingerprint density at radius 3 is 2.60 bits per heavy atom. The maximum atomic E-state index is 12.5. The van der Waals surface area contributed by atoms with E-state index in [0.29, 0.717) is 0 Å². The first-order valence-electron chi connectivity index (χ1n) is 3.65. The molecule has 0 fully saturated rings. The van der Waals surface area contributed by atoms with Crippen LogP contribution in [0.25, 0.3) is 0 Å². The highest BCUT2D eigenvalue weighted by Gasteiger charge is 2.22. The van der Waals surface area contributed by atoms with Gasteiger partial charge in [0.05, 0.1) is 10.6 Å². The minimum absolute atomic E-state index is 0.0497. The Balaban J connectivity index is 3.37. The van der Waals surface area contributed by atoms with Crippen LogP contribution in [0.3, 0.4) is 0 Å². The Morgan fingerprint density at radius 1 is 1.60 bits per heavy atom. The topological polar surface area (TPSA) is 56.0 Å². The zero-order valence-corrected chi connectivity index (χ0v) is 10.3. The third-order valence-electron chi connectivity index (χ3n) is 1.63. The quantitative estimate of drug-likeness (QED) is 0.364. The van der Waals surface area contributed by atoms with Crippen LogP contribution in [0.4, 0.5) is 14.5 Å². The molecule has 15 heavy (non-hydrogen) atoms. The van der Waals surface area contributed by atoms with Gasteiger partial charge in [-0.1, -0.05) is 15.9 Å². The molecular weight excluding hydrogens is 342 g/mol. The van der Waals surface area contributed by atoms with Gasteiger partial charge in [0.2, 0.25) is 0 Å². The summed E-state index contributed by atoms with van der Waals surface area (Å²) >= 11 is 5.84. The van der Waals surface area contributed by atoms with E-state index in [9.17, 15) is 18.9 Å². The van der Waals surface area contributed by atoms with Gasteiger partial charge in [0.1, 0.15) is 0 Å². The molecular formula is C7H4Br2F2N2O2. The molecule has 8 heteroatoms. The van der Waals surface area contributed by atoms with Gasteiger partial charge in [0.15, 0.2) is 4.60 Å². The Morgan fingerprint density at radius 2 is 2.20 bits per heavy atom. The molecule has 1 aromatic heterocycles. The summed E-state index contributed by atoms with van der Waals surface area (Å²) in [4.78, 5) is 13.4. The molecule has 0 atom stereocenters. The largest absolute Gasteiger partial charge is 0.302 e. The van der Waals surface area contributed by atoms with Crippen LogP contribution in [0.5, 0.6) is 0 Å². The van der Waals surface area contributed by atoms with Crippen LogP contribution in [0.2, 0.25) is 0 Å². The predicted molar refractivity (Wildman–Crippen MR) is 56.2 cm³/mol. The minimum Gasteiger partial charge on any atom is -0.258 e. The molecule has 82 valence electrons. The highest BCUT2D eigenvalue weighted by Crippen LogP contribution is 2.31. The second-order valence-electron chi connectivity index (χ2n) is 2.53. The van der Waals surface area contributed by atoms with Gasteiger partial charge < -0.3 is 0 Å². The van der Waals surface area contributed by atoms with Gasteiger partial charge in [-0.15, -0.1) is 0 Å². The van der Waals surface area contributed by atoms with Crippen LogP contribution < -0.4 is 0 Å². The Labute approximate surface area is 100 Å². The molecule has 1 aromatic rings. The number of pyridine rings is 1. The maximum absolute atomic E-state index is 12.5. The first-order valence-corrected chi connectivity index (χ1v) is 5.56. The van der Waals surface area contributed by atoms with Crippen molar-refractivity contribution in [3.63, 3.8) is 0 Å². The minimum atomic E-state index is -2.78. The van der Waals surface area contributed by atoms with E-state index in [1.54, 1.807) is 0 Å². The molecule has 0 spiro atoms. The average Bonchev–Trinajstić information content (AvgIpc) is 2.16. The number of hydrogen-bond acceptors (Lipinski definition) is 3. The van der Waals surface area contributed by atoms with Crippen molar-refractivity contribution in [2.45, 2.75) is 11.8 Å². The molecule has 0 aliphatic carbocycles. The first-order chi connectivity index (χ1) is 6.97. The number of hydrogen-bond donors (Lipinski definition) is 0. The smallest absolute Gasteiger partial charge is 0.258 e. The molecule has 0 amide bonds. The van der Waals surface area contributed by atoms with Crippen molar-refractivity contribution in [2.24, 2.45) is 0 Å². The van der Waals surface area contributed by atoms with Crippen molar-refractivity contribution >= 4 is 37.5 Å². The normalized spacial score (nSPS) is 10.7. The lowest BCUT2D eigenvalue weighted by Crippen LogP contribution is -2.00. The molecule has 0 aliphatic rings. The number of rotatable bonds is 3. The third-order valence-corrected chi connectivity index (χ3v) is 2.74. The van der Waals surface area contributed by atoms with Gasteiger partial charge in [0, 0.05) is 17.0 Å². The summed E-state index contributed by atoms with van der Waals surface area (Å²) in [6.45, 7) is 0. The molecule has 0 N–H and O–H groups in total. The van der Waals surface area contributed by atoms with Crippen molar-refractivity contribution in [2.75, 3.05) is 0 Å². The summed E-state index contributed by atoms with van der Waals surface area (Å²) in [6.07, 6.45) is -2.78. The SMILES string of the molecule is O=[N+]([O-])c1cc(C(F)F)c(CBr)nc1Br. The fourth-order valence-corrected chi connectivity index (χ4v) is 1.88. The monoisotopic (exact) mass is 344 g/mol. The van der Waals surface area contributed by atoms with Crippen molar-refractivity contribution in [3.8, 4) is 0 Å². The van der Waals surface area contributed by atoms with Gasteiger partial charge >= 0.3 is 5.69 Å². The van der Waals surface area contributed by atoms with E-state index in [1.807, 2.05) is 0 Å². The Bertz CT molecular complexity index is 401. The number of aromatic nitrogens is 1. The van der Waals surface area contributed by atoms with Crippen LogP contribution in [0, 0.1) is 10.1 Å². The molecule has 1 heterocycles. The summed E-state index contributed by atoms with van der Waals surface area (Å²) in [7, 11) is 0. The van der Waals surface area contributed by atoms with Crippen LogP contribution in [-0.2, 0) is 5.33 Å². The molecule has 1 rings (SSSR count). The standard InChI is InChI=1S/C7H4Br2F2N2O2/c8-2-4-3(7(10)11)1-5(13(14)15)6(9)12-4/h1,7H,2H2. The Hall–Kier alpha value is -0.630. The summed E-state index contributed by atoms with van der Waals surface area (Å²) < 4.78 is 24.9. The summed E-state index contributed by atoms with van der Waals surface area (Å²) in [5.41, 5.74) is -0.806. The second-order valence-corrected chi connectivity index (χ2v) is 3.84. The van der Waals surface area contributed by atoms with Gasteiger partial charge in [-0.25, -0.2) is 13.8 Å². The van der Waals surface area contributed by atoms with Gasteiger partial charge in [0.25, 0.3) is 6.43 Å². The predicted octanol–water partition coefficient (Wildman–Crippen LogP) is 3.58. The molecule has 0 saturated heterocycles. The number of nitrogens with zero attached hydrogens (tertiary/aromatic N) is 2. The fourth-order valence-electron chi connectivity index (χ4n) is 0.954. The van der Waals surface area contributed by atoms with E-state index in [0.717, 1.165) is 6.07 Å². The molecule has 0 aromatic carbocycles. The fraction of sp³-hybridized carbons (Fsp3) is 0.286. The van der Waals surface area contributed by atoms with Gasteiger partial charge in [-0.2, -0.15) is 0 Å². The third kappa shape index (κ3) is 2.69. The number of halogens is 4. The van der Waals surface area contributed by atoms with Crippen molar-refractivity contribution in [1.29, 1.82) is 0 Å². The lowest BCUT2D eigenvalue weighted by Gasteiger charge is -2.05. The highest BCUT2D eigenvalue weighted by molar-refractivity contribution is 9.10. The highest BCUT2D eigenvalue weighted by atomic mass is 79.9. The number of nitro groups is 1. The lowest BCUT2D eigenvalue weighted by atomic mass is 10.2. The van der Waals surface area contributed by atoms with Crippen molar-refractivity contribution < 1.29 is 13.7 Å². The van der Waals surface area contributed by atoms with E-state index in [4.69, 9.17) is 0 Å². The number of alkyl halides is 3. The van der Waals surface area contributed by atoms with Crippen LogP contribution in [-0.4, -0.2) is 9.91 Å². The Kier molecular flexibility index (Phi) is 4.09.